The lowest BCUT2D eigenvalue weighted by Crippen LogP contribution is -2.19. The number of nitrogens with zero attached hydrogens (tertiary/aromatic N) is 1. The first kappa shape index (κ1) is 12.6. The van der Waals surface area contributed by atoms with Crippen LogP contribution < -0.4 is 10.6 Å². The molecule has 1 heterocycles. The largest absolute Gasteiger partial charge is 0.396 e. The summed E-state index contributed by atoms with van der Waals surface area (Å²) in [6, 6.07) is 7.57. The van der Waals surface area contributed by atoms with Gasteiger partial charge in [-0.1, -0.05) is 0 Å². The number of aliphatic hydroxyl groups excluding tert-OH is 1. The molecule has 0 fully saturated rings. The molecule has 5 nitrogen and oxygen atoms in total. The van der Waals surface area contributed by atoms with Crippen LogP contribution in [0.15, 0.2) is 29.3 Å². The molecule has 0 bridgehead atoms. The van der Waals surface area contributed by atoms with Crippen molar-refractivity contribution in [2.24, 2.45) is 4.99 Å². The summed E-state index contributed by atoms with van der Waals surface area (Å²) < 4.78 is 0. The van der Waals surface area contributed by atoms with E-state index in [0.29, 0.717) is 12.8 Å². The van der Waals surface area contributed by atoms with Crippen LogP contribution in [0.2, 0.25) is 0 Å². The molecule has 1 aliphatic heterocycles. The Morgan fingerprint density at radius 1 is 1.39 bits per heavy atom. The maximum absolute atomic E-state index is 11.5. The fourth-order valence-corrected chi connectivity index (χ4v) is 1.77. The summed E-state index contributed by atoms with van der Waals surface area (Å²) in [4.78, 5) is 15.8. The molecule has 0 saturated carbocycles. The van der Waals surface area contributed by atoms with E-state index in [1.165, 1.54) is 0 Å². The van der Waals surface area contributed by atoms with E-state index in [2.05, 4.69) is 15.6 Å². The van der Waals surface area contributed by atoms with Crippen LogP contribution in [-0.4, -0.2) is 36.5 Å². The summed E-state index contributed by atoms with van der Waals surface area (Å²) in [5, 5.41) is 14.6. The van der Waals surface area contributed by atoms with E-state index in [-0.39, 0.29) is 12.5 Å². The first-order valence-corrected chi connectivity index (χ1v) is 6.09. The molecule has 0 unspecified atom stereocenters. The predicted molar refractivity (Wildman–Crippen MR) is 70.8 cm³/mol. The minimum absolute atomic E-state index is 0.0395. The minimum atomic E-state index is -0.0758. The lowest BCUT2D eigenvalue weighted by molar-refractivity contribution is -0.116. The molecule has 5 heteroatoms. The van der Waals surface area contributed by atoms with Gasteiger partial charge >= 0.3 is 0 Å². The van der Waals surface area contributed by atoms with Crippen molar-refractivity contribution in [3.63, 3.8) is 0 Å². The third kappa shape index (κ3) is 3.30. The molecule has 0 aromatic heterocycles. The molecular formula is C13H17N3O2. The van der Waals surface area contributed by atoms with Gasteiger partial charge in [-0.25, -0.2) is 0 Å². The van der Waals surface area contributed by atoms with Crippen LogP contribution in [0.5, 0.6) is 0 Å². The maximum Gasteiger partial charge on any atom is 0.224 e. The first-order valence-electron chi connectivity index (χ1n) is 6.09. The molecule has 0 spiro atoms. The van der Waals surface area contributed by atoms with E-state index >= 15 is 0 Å². The van der Waals surface area contributed by atoms with Crippen LogP contribution in [0.25, 0.3) is 0 Å². The fraction of sp³-hybridized carbons (Fsp3) is 0.385. The lowest BCUT2D eigenvalue weighted by Gasteiger charge is -2.06. The quantitative estimate of drug-likeness (QED) is 0.718. The van der Waals surface area contributed by atoms with E-state index in [0.717, 1.165) is 30.2 Å². The highest BCUT2D eigenvalue weighted by molar-refractivity contribution is 6.00. The molecule has 2 rings (SSSR count). The molecule has 0 saturated heterocycles. The summed E-state index contributed by atoms with van der Waals surface area (Å²) in [7, 11) is 0. The Morgan fingerprint density at radius 2 is 2.17 bits per heavy atom. The van der Waals surface area contributed by atoms with Gasteiger partial charge in [-0.15, -0.1) is 0 Å². The molecule has 1 aliphatic rings. The Kier molecular flexibility index (Phi) is 4.30. The number of benzene rings is 1. The lowest BCUT2D eigenvalue weighted by atomic mass is 10.2. The van der Waals surface area contributed by atoms with Gasteiger partial charge in [-0.3, -0.25) is 9.79 Å². The molecule has 0 atom stereocenters. The number of nitrogens with one attached hydrogen (secondary N) is 2. The zero-order chi connectivity index (χ0) is 12.8. The Hall–Kier alpha value is -1.88. The van der Waals surface area contributed by atoms with Gasteiger partial charge in [0.1, 0.15) is 5.84 Å². The van der Waals surface area contributed by atoms with Crippen LogP contribution in [-0.2, 0) is 4.79 Å². The highest BCUT2D eigenvalue weighted by Gasteiger charge is 2.08. The Bertz CT molecular complexity index is 440. The van der Waals surface area contributed by atoms with Crippen LogP contribution >= 0.6 is 0 Å². The van der Waals surface area contributed by atoms with Gasteiger partial charge in [0.05, 0.1) is 6.54 Å². The third-order valence-electron chi connectivity index (χ3n) is 2.68. The van der Waals surface area contributed by atoms with E-state index < -0.39 is 0 Å². The normalized spacial score (nSPS) is 13.9. The third-order valence-corrected chi connectivity index (χ3v) is 2.68. The van der Waals surface area contributed by atoms with Gasteiger partial charge in [0, 0.05) is 30.8 Å². The highest BCUT2D eigenvalue weighted by atomic mass is 16.3. The van der Waals surface area contributed by atoms with Crippen LogP contribution in [0.1, 0.15) is 18.4 Å². The summed E-state index contributed by atoms with van der Waals surface area (Å²) in [5.74, 6) is 0.835. The van der Waals surface area contributed by atoms with E-state index in [4.69, 9.17) is 5.11 Å². The summed E-state index contributed by atoms with van der Waals surface area (Å²) >= 11 is 0. The number of carbonyl (C=O) groups excluding carboxylic acids is 1. The second-order valence-electron chi connectivity index (χ2n) is 4.11. The molecule has 0 aliphatic carbocycles. The van der Waals surface area contributed by atoms with Gasteiger partial charge in [0.2, 0.25) is 5.91 Å². The molecule has 18 heavy (non-hydrogen) atoms. The zero-order valence-electron chi connectivity index (χ0n) is 10.1. The Balaban J connectivity index is 1.93. The SMILES string of the molecule is O=C(CCCO)Nc1ccc(C2=NCCN2)cc1. The standard InChI is InChI=1S/C13H17N3O2/c17-9-1-2-12(18)16-11-5-3-10(4-6-11)13-14-7-8-15-13/h3-6,17H,1-2,7-9H2,(H,14,15)(H,16,18). The van der Waals surface area contributed by atoms with Crippen molar-refractivity contribution in [1.82, 2.24) is 5.32 Å². The first-order chi connectivity index (χ1) is 8.79. The average molecular weight is 247 g/mol. The molecule has 0 radical (unpaired) electrons. The number of anilines is 1. The van der Waals surface area contributed by atoms with Crippen molar-refractivity contribution in [3.05, 3.63) is 29.8 Å². The van der Waals surface area contributed by atoms with Crippen LogP contribution in [0, 0.1) is 0 Å². The maximum atomic E-state index is 11.5. The number of amidine groups is 1. The number of hydrogen-bond donors (Lipinski definition) is 3. The Labute approximate surface area is 106 Å². The second-order valence-corrected chi connectivity index (χ2v) is 4.11. The van der Waals surface area contributed by atoms with E-state index in [1.54, 1.807) is 0 Å². The number of hydrogen-bond acceptors (Lipinski definition) is 4. The van der Waals surface area contributed by atoms with Crippen molar-refractivity contribution < 1.29 is 9.90 Å². The van der Waals surface area contributed by atoms with Crippen molar-refractivity contribution in [2.45, 2.75) is 12.8 Å². The van der Waals surface area contributed by atoms with Crippen molar-refractivity contribution >= 4 is 17.4 Å². The smallest absolute Gasteiger partial charge is 0.224 e. The van der Waals surface area contributed by atoms with Crippen molar-refractivity contribution in [3.8, 4) is 0 Å². The number of amides is 1. The molecule has 96 valence electrons. The number of aliphatic hydroxyl groups is 1. The number of rotatable bonds is 5. The summed E-state index contributed by atoms with van der Waals surface area (Å²) in [6.45, 7) is 1.74. The topological polar surface area (TPSA) is 73.7 Å². The zero-order valence-corrected chi connectivity index (χ0v) is 10.1. The predicted octanol–water partition coefficient (Wildman–Crippen LogP) is 0.747. The molecular weight excluding hydrogens is 230 g/mol. The highest BCUT2D eigenvalue weighted by Crippen LogP contribution is 2.11. The van der Waals surface area contributed by atoms with Gasteiger partial charge < -0.3 is 15.7 Å². The van der Waals surface area contributed by atoms with Crippen LogP contribution in [0.3, 0.4) is 0 Å². The molecule has 1 aromatic carbocycles. The monoisotopic (exact) mass is 247 g/mol. The minimum Gasteiger partial charge on any atom is -0.396 e. The summed E-state index contributed by atoms with van der Waals surface area (Å²) in [5.41, 5.74) is 1.79. The van der Waals surface area contributed by atoms with Gasteiger partial charge in [-0.05, 0) is 30.7 Å². The fourth-order valence-electron chi connectivity index (χ4n) is 1.77. The Morgan fingerprint density at radius 3 is 2.78 bits per heavy atom. The second kappa shape index (κ2) is 6.16. The van der Waals surface area contributed by atoms with Crippen LogP contribution in [0.4, 0.5) is 5.69 Å². The number of aliphatic imine (C=N–C) groups is 1. The van der Waals surface area contributed by atoms with E-state index in [9.17, 15) is 4.79 Å². The van der Waals surface area contributed by atoms with E-state index in [1.807, 2.05) is 24.3 Å². The van der Waals surface area contributed by atoms with Gasteiger partial charge in [0.15, 0.2) is 0 Å². The van der Waals surface area contributed by atoms with Gasteiger partial charge in [-0.2, -0.15) is 0 Å². The number of carbonyl (C=O) groups is 1. The molecule has 1 aromatic rings. The summed E-state index contributed by atoms with van der Waals surface area (Å²) in [6.07, 6.45) is 0.831. The van der Waals surface area contributed by atoms with Crippen molar-refractivity contribution in [2.75, 3.05) is 25.0 Å². The average Bonchev–Trinajstić information content (AvgIpc) is 2.91. The molecule has 1 amide bonds. The molecule has 3 N–H and O–H groups in total. The van der Waals surface area contributed by atoms with Gasteiger partial charge in [0.25, 0.3) is 0 Å². The van der Waals surface area contributed by atoms with Crippen molar-refractivity contribution in [1.29, 1.82) is 0 Å².